The third kappa shape index (κ3) is 3.82. The van der Waals surface area contributed by atoms with Gasteiger partial charge in [-0.15, -0.1) is 0 Å². The van der Waals surface area contributed by atoms with Crippen LogP contribution in [-0.2, 0) is 4.74 Å². The van der Waals surface area contributed by atoms with Crippen molar-refractivity contribution in [3.8, 4) is 17.2 Å². The topological polar surface area (TPSA) is 94.7 Å². The van der Waals surface area contributed by atoms with Gasteiger partial charge in [0.1, 0.15) is 11.4 Å². The number of nitrogens with one attached hydrogen (secondary N) is 1. The van der Waals surface area contributed by atoms with Gasteiger partial charge >= 0.3 is 5.97 Å². The first-order valence-corrected chi connectivity index (χ1v) is 8.23. The van der Waals surface area contributed by atoms with E-state index in [1.807, 2.05) is 6.07 Å². The molecule has 0 unspecified atom stereocenters. The minimum atomic E-state index is -0.664. The van der Waals surface area contributed by atoms with Gasteiger partial charge in [0, 0.05) is 17.5 Å². The van der Waals surface area contributed by atoms with Crippen molar-refractivity contribution >= 4 is 16.9 Å². The fourth-order valence-corrected chi connectivity index (χ4v) is 2.53. The predicted octanol–water partition coefficient (Wildman–Crippen LogP) is 2.87. The molecule has 1 heterocycles. The van der Waals surface area contributed by atoms with Crippen LogP contribution in [0.3, 0.4) is 0 Å². The van der Waals surface area contributed by atoms with Crippen molar-refractivity contribution in [2.24, 2.45) is 0 Å². The van der Waals surface area contributed by atoms with Crippen molar-refractivity contribution in [1.29, 1.82) is 0 Å². The highest BCUT2D eigenvalue weighted by molar-refractivity contribution is 5.91. The van der Waals surface area contributed by atoms with Crippen LogP contribution in [0, 0.1) is 0 Å². The van der Waals surface area contributed by atoms with Gasteiger partial charge in [-0.2, -0.15) is 0 Å². The summed E-state index contributed by atoms with van der Waals surface area (Å²) >= 11 is 0. The van der Waals surface area contributed by atoms with Crippen LogP contribution in [0.25, 0.3) is 10.9 Å². The number of aromatic amines is 1. The number of aromatic nitrogens is 1. The van der Waals surface area contributed by atoms with Gasteiger partial charge in [0.2, 0.25) is 0 Å². The van der Waals surface area contributed by atoms with Crippen molar-refractivity contribution in [2.75, 3.05) is 13.7 Å². The molecule has 2 aromatic carbocycles. The van der Waals surface area contributed by atoms with Gasteiger partial charge in [0.15, 0.2) is 16.9 Å². The zero-order chi connectivity index (χ0) is 19.4. The number of carbonyl (C=O) groups excluding carboxylic acids is 1. The zero-order valence-electron chi connectivity index (χ0n) is 14.8. The average molecular weight is 367 g/mol. The Morgan fingerprint density at radius 3 is 2.44 bits per heavy atom. The molecule has 7 nitrogen and oxygen atoms in total. The molecule has 0 atom stereocenters. The minimum absolute atomic E-state index is 0.0161. The number of esters is 1. The molecule has 0 bridgehead atoms. The number of carbonyl (C=O) groups is 1. The molecule has 3 rings (SSSR count). The third-order valence-electron chi connectivity index (χ3n) is 3.79. The van der Waals surface area contributed by atoms with Crippen molar-refractivity contribution < 1.29 is 19.0 Å². The fraction of sp³-hybridized carbons (Fsp3) is 0.150. The molecule has 0 amide bonds. The molecule has 0 radical (unpaired) electrons. The van der Waals surface area contributed by atoms with Gasteiger partial charge in [0.25, 0.3) is 5.43 Å². The largest absolute Gasteiger partial charge is 0.492 e. The van der Waals surface area contributed by atoms with Crippen LogP contribution in [0.15, 0.2) is 58.1 Å². The highest BCUT2D eigenvalue weighted by Crippen LogP contribution is 2.22. The maximum absolute atomic E-state index is 12.7. The van der Waals surface area contributed by atoms with Crippen LogP contribution in [0.2, 0.25) is 0 Å². The second-order valence-electron chi connectivity index (χ2n) is 5.56. The van der Waals surface area contributed by atoms with E-state index in [9.17, 15) is 14.4 Å². The molecule has 0 saturated carbocycles. The van der Waals surface area contributed by atoms with Gasteiger partial charge in [-0.25, -0.2) is 4.79 Å². The quantitative estimate of drug-likeness (QED) is 0.697. The summed E-state index contributed by atoms with van der Waals surface area (Å²) in [4.78, 5) is 40.0. The van der Waals surface area contributed by atoms with Crippen molar-refractivity contribution in [3.63, 3.8) is 0 Å². The molecule has 0 saturated heterocycles. The number of pyridine rings is 1. The highest BCUT2D eigenvalue weighted by Gasteiger charge is 2.14. The van der Waals surface area contributed by atoms with E-state index < -0.39 is 16.8 Å². The van der Waals surface area contributed by atoms with Crippen LogP contribution in [0.4, 0.5) is 0 Å². The Morgan fingerprint density at radius 2 is 1.78 bits per heavy atom. The molecular formula is C20H17NO6. The molecule has 27 heavy (non-hydrogen) atoms. The molecule has 0 aliphatic carbocycles. The van der Waals surface area contributed by atoms with E-state index in [4.69, 9.17) is 14.2 Å². The number of methoxy groups -OCH3 is 1. The summed E-state index contributed by atoms with van der Waals surface area (Å²) in [5.41, 5.74) is -0.746. The Bertz CT molecular complexity index is 1100. The van der Waals surface area contributed by atoms with Crippen molar-refractivity contribution in [3.05, 3.63) is 74.7 Å². The van der Waals surface area contributed by atoms with E-state index in [1.54, 1.807) is 31.2 Å². The number of rotatable bonds is 5. The Balaban J connectivity index is 2.26. The maximum atomic E-state index is 12.7. The molecule has 7 heteroatoms. The SMILES string of the molecule is CCOC(=O)c1cc(=O)c2cc(OC)c(=O)c(Oc3ccccc3)cc2[nH]1. The number of benzene rings is 1. The molecule has 0 spiro atoms. The summed E-state index contributed by atoms with van der Waals surface area (Å²) in [6.45, 7) is 1.83. The number of para-hydroxylation sites is 1. The van der Waals surface area contributed by atoms with E-state index in [1.165, 1.54) is 19.2 Å². The monoisotopic (exact) mass is 367 g/mol. The van der Waals surface area contributed by atoms with E-state index in [0.717, 1.165) is 6.07 Å². The standard InChI is InChI=1S/C20H17NO6/c1-3-26-20(24)15-10-16(22)13-9-17(25-2)19(23)18(11-14(13)21-15)27-12-7-5-4-6-8-12/h4-11H,3H2,1-2H3,(H,21,22). The minimum Gasteiger partial charge on any atom is -0.492 e. The molecule has 3 aromatic rings. The summed E-state index contributed by atoms with van der Waals surface area (Å²) in [5, 5.41) is 0.180. The van der Waals surface area contributed by atoms with Crippen LogP contribution < -0.4 is 20.3 Å². The summed E-state index contributed by atoms with van der Waals surface area (Å²) in [7, 11) is 1.33. The predicted molar refractivity (Wildman–Crippen MR) is 99.9 cm³/mol. The van der Waals surface area contributed by atoms with Gasteiger partial charge in [-0.1, -0.05) is 18.2 Å². The zero-order valence-corrected chi connectivity index (χ0v) is 14.8. The van der Waals surface area contributed by atoms with E-state index in [-0.39, 0.29) is 34.7 Å². The van der Waals surface area contributed by atoms with Crippen LogP contribution >= 0.6 is 0 Å². The molecule has 138 valence electrons. The molecule has 0 aliphatic heterocycles. The first-order valence-electron chi connectivity index (χ1n) is 8.23. The first-order chi connectivity index (χ1) is 13.0. The number of hydrogen-bond acceptors (Lipinski definition) is 6. The van der Waals surface area contributed by atoms with Gasteiger partial charge in [-0.05, 0) is 25.1 Å². The lowest BCUT2D eigenvalue weighted by Crippen LogP contribution is -2.12. The number of hydrogen-bond donors (Lipinski definition) is 1. The smallest absolute Gasteiger partial charge is 0.354 e. The van der Waals surface area contributed by atoms with Gasteiger partial charge in [0.05, 0.1) is 19.2 Å². The van der Waals surface area contributed by atoms with Crippen LogP contribution in [0.1, 0.15) is 17.4 Å². The van der Waals surface area contributed by atoms with Gasteiger partial charge in [-0.3, -0.25) is 9.59 Å². The Hall–Kier alpha value is -3.61. The van der Waals surface area contributed by atoms with Crippen LogP contribution in [0.5, 0.6) is 17.2 Å². The number of H-pyrrole nitrogens is 1. The van der Waals surface area contributed by atoms with E-state index in [2.05, 4.69) is 4.98 Å². The molecule has 0 fully saturated rings. The molecule has 1 N–H and O–H groups in total. The normalized spacial score (nSPS) is 10.4. The first kappa shape index (κ1) is 18.2. The molecular weight excluding hydrogens is 350 g/mol. The summed E-state index contributed by atoms with van der Waals surface area (Å²) in [5.74, 6) is -0.322. The summed E-state index contributed by atoms with van der Waals surface area (Å²) in [6, 6.07) is 12.5. The lowest BCUT2D eigenvalue weighted by atomic mass is 10.2. The third-order valence-corrected chi connectivity index (χ3v) is 3.79. The van der Waals surface area contributed by atoms with Gasteiger partial charge < -0.3 is 19.2 Å². The maximum Gasteiger partial charge on any atom is 0.354 e. The Labute approximate surface area is 154 Å². The Kier molecular flexibility index (Phi) is 5.21. The number of fused-ring (bicyclic) bond motifs is 1. The van der Waals surface area contributed by atoms with Crippen LogP contribution in [-0.4, -0.2) is 24.7 Å². The Morgan fingerprint density at radius 1 is 1.04 bits per heavy atom. The van der Waals surface area contributed by atoms with E-state index in [0.29, 0.717) is 5.75 Å². The number of ether oxygens (including phenoxy) is 3. The second-order valence-corrected chi connectivity index (χ2v) is 5.56. The highest BCUT2D eigenvalue weighted by atomic mass is 16.5. The lowest BCUT2D eigenvalue weighted by molar-refractivity contribution is 0.0520. The molecule has 1 aromatic heterocycles. The lowest BCUT2D eigenvalue weighted by Gasteiger charge is -2.04. The summed E-state index contributed by atoms with van der Waals surface area (Å²) in [6.07, 6.45) is 0. The second kappa shape index (κ2) is 7.74. The van der Waals surface area contributed by atoms with Crippen molar-refractivity contribution in [1.82, 2.24) is 4.98 Å². The summed E-state index contributed by atoms with van der Waals surface area (Å²) < 4.78 is 15.7. The molecule has 0 aliphatic rings. The van der Waals surface area contributed by atoms with E-state index >= 15 is 0 Å². The average Bonchev–Trinajstić information content (AvgIpc) is 2.80. The van der Waals surface area contributed by atoms with Crippen molar-refractivity contribution in [2.45, 2.75) is 6.92 Å². The fourth-order valence-electron chi connectivity index (χ4n) is 2.53.